The lowest BCUT2D eigenvalue weighted by Gasteiger charge is -2.13. The molecule has 0 aliphatic heterocycles. The van der Waals surface area contributed by atoms with Crippen LogP contribution in [0, 0.1) is 17.5 Å². The fourth-order valence-corrected chi connectivity index (χ4v) is 1.74. The van der Waals surface area contributed by atoms with Crippen LogP contribution in [0.3, 0.4) is 0 Å². The van der Waals surface area contributed by atoms with Crippen molar-refractivity contribution in [3.05, 3.63) is 65.0 Å². The maximum absolute atomic E-state index is 13.1. The average molecular weight is 268 g/mol. The Kier molecular flexibility index (Phi) is 3.76. The largest absolute Gasteiger partial charge is 0.497 e. The lowest BCUT2D eigenvalue weighted by Crippen LogP contribution is -2.03. The van der Waals surface area contributed by atoms with Crippen molar-refractivity contribution >= 4 is 0 Å². The topological polar surface area (TPSA) is 29.5 Å². The number of aliphatic hydroxyl groups excluding tert-OH is 1. The molecule has 0 radical (unpaired) electrons. The minimum Gasteiger partial charge on any atom is -0.497 e. The van der Waals surface area contributed by atoms with E-state index in [-0.39, 0.29) is 5.56 Å². The van der Waals surface area contributed by atoms with E-state index >= 15 is 0 Å². The van der Waals surface area contributed by atoms with E-state index in [0.29, 0.717) is 11.3 Å². The van der Waals surface area contributed by atoms with Crippen molar-refractivity contribution in [2.24, 2.45) is 0 Å². The van der Waals surface area contributed by atoms with Crippen molar-refractivity contribution in [1.82, 2.24) is 0 Å². The lowest BCUT2D eigenvalue weighted by molar-refractivity contribution is 0.218. The molecule has 0 saturated carbocycles. The fraction of sp³-hybridized carbons (Fsp3) is 0.143. The summed E-state index contributed by atoms with van der Waals surface area (Å²) in [5.41, 5.74) is 0.328. The molecule has 0 spiro atoms. The minimum absolute atomic E-state index is 0.0651. The number of rotatable bonds is 3. The van der Waals surface area contributed by atoms with Crippen LogP contribution in [0.25, 0.3) is 0 Å². The molecule has 0 amide bonds. The normalized spacial score (nSPS) is 12.3. The molecular weight excluding hydrogens is 257 g/mol. The molecule has 0 saturated heterocycles. The number of hydrogen-bond donors (Lipinski definition) is 1. The summed E-state index contributed by atoms with van der Waals surface area (Å²) in [6, 6.07) is 7.94. The van der Waals surface area contributed by atoms with Gasteiger partial charge in [0.15, 0.2) is 17.5 Å². The first-order chi connectivity index (χ1) is 9.02. The predicted molar refractivity (Wildman–Crippen MR) is 63.4 cm³/mol. The van der Waals surface area contributed by atoms with Gasteiger partial charge < -0.3 is 9.84 Å². The highest BCUT2D eigenvalue weighted by Gasteiger charge is 2.17. The molecule has 5 heteroatoms. The Labute approximate surface area is 108 Å². The van der Waals surface area contributed by atoms with E-state index in [1.165, 1.54) is 13.2 Å². The molecule has 2 rings (SSSR count). The Bertz CT molecular complexity index is 576. The number of aliphatic hydroxyl groups is 1. The summed E-state index contributed by atoms with van der Waals surface area (Å²) < 4.78 is 44.1. The number of halogens is 3. The second kappa shape index (κ2) is 5.32. The Balaban J connectivity index is 2.40. The van der Waals surface area contributed by atoms with Gasteiger partial charge in [-0.05, 0) is 35.4 Å². The summed E-state index contributed by atoms with van der Waals surface area (Å²) in [5.74, 6) is -3.73. The summed E-state index contributed by atoms with van der Waals surface area (Å²) in [4.78, 5) is 0. The van der Waals surface area contributed by atoms with Crippen LogP contribution in [-0.2, 0) is 0 Å². The summed E-state index contributed by atoms with van der Waals surface area (Å²) >= 11 is 0. The van der Waals surface area contributed by atoms with Gasteiger partial charge in [-0.1, -0.05) is 12.1 Å². The second-order valence-corrected chi connectivity index (χ2v) is 3.98. The van der Waals surface area contributed by atoms with Gasteiger partial charge in [-0.2, -0.15) is 0 Å². The van der Waals surface area contributed by atoms with Crippen molar-refractivity contribution in [2.45, 2.75) is 6.10 Å². The first-order valence-corrected chi connectivity index (χ1v) is 5.49. The van der Waals surface area contributed by atoms with Crippen LogP contribution in [0.2, 0.25) is 0 Å². The third-order valence-electron chi connectivity index (χ3n) is 2.73. The Morgan fingerprint density at radius 1 is 1.00 bits per heavy atom. The maximum atomic E-state index is 13.1. The smallest absolute Gasteiger partial charge is 0.194 e. The Morgan fingerprint density at radius 2 is 1.63 bits per heavy atom. The van der Waals surface area contributed by atoms with Gasteiger partial charge in [0.05, 0.1) is 7.11 Å². The number of benzene rings is 2. The molecule has 0 aromatic heterocycles. The minimum atomic E-state index is -1.55. The molecule has 2 nitrogen and oxygen atoms in total. The molecule has 2 aromatic rings. The van der Waals surface area contributed by atoms with Gasteiger partial charge in [-0.3, -0.25) is 0 Å². The van der Waals surface area contributed by atoms with E-state index in [9.17, 15) is 18.3 Å². The van der Waals surface area contributed by atoms with Crippen LogP contribution < -0.4 is 4.74 Å². The zero-order valence-corrected chi connectivity index (χ0v) is 10.0. The van der Waals surface area contributed by atoms with E-state index in [1.807, 2.05) is 0 Å². The molecule has 1 N–H and O–H groups in total. The quantitative estimate of drug-likeness (QED) is 0.866. The van der Waals surface area contributed by atoms with Crippen molar-refractivity contribution in [3.8, 4) is 5.75 Å². The first kappa shape index (κ1) is 13.4. The first-order valence-electron chi connectivity index (χ1n) is 5.49. The van der Waals surface area contributed by atoms with Crippen LogP contribution in [0.4, 0.5) is 13.2 Å². The highest BCUT2D eigenvalue weighted by molar-refractivity contribution is 5.35. The van der Waals surface area contributed by atoms with Crippen LogP contribution in [0.1, 0.15) is 17.2 Å². The van der Waals surface area contributed by atoms with E-state index in [1.54, 1.807) is 18.2 Å². The molecule has 0 bridgehead atoms. The van der Waals surface area contributed by atoms with Gasteiger partial charge >= 0.3 is 0 Å². The number of hydrogen-bond acceptors (Lipinski definition) is 2. The Hall–Kier alpha value is -2.01. The maximum Gasteiger partial charge on any atom is 0.194 e. The van der Waals surface area contributed by atoms with Crippen molar-refractivity contribution in [3.63, 3.8) is 0 Å². The summed E-state index contributed by atoms with van der Waals surface area (Å²) in [6.45, 7) is 0. The van der Waals surface area contributed by atoms with E-state index < -0.39 is 23.6 Å². The van der Waals surface area contributed by atoms with Gasteiger partial charge in [-0.25, -0.2) is 13.2 Å². The van der Waals surface area contributed by atoms with Gasteiger partial charge in [0.25, 0.3) is 0 Å². The third-order valence-corrected chi connectivity index (χ3v) is 2.73. The van der Waals surface area contributed by atoms with Gasteiger partial charge in [0.1, 0.15) is 11.9 Å². The van der Waals surface area contributed by atoms with Gasteiger partial charge in [0, 0.05) is 0 Å². The van der Waals surface area contributed by atoms with E-state index in [4.69, 9.17) is 4.74 Å². The molecule has 0 heterocycles. The monoisotopic (exact) mass is 268 g/mol. The predicted octanol–water partition coefficient (Wildman–Crippen LogP) is 3.19. The summed E-state index contributed by atoms with van der Waals surface area (Å²) in [7, 11) is 1.46. The number of methoxy groups -OCH3 is 1. The molecule has 0 aliphatic rings. The molecular formula is C14H11F3O2. The average Bonchev–Trinajstić information content (AvgIpc) is 2.43. The molecule has 100 valence electrons. The lowest BCUT2D eigenvalue weighted by atomic mass is 10.0. The Morgan fingerprint density at radius 3 is 2.21 bits per heavy atom. The molecule has 2 aromatic carbocycles. The molecule has 19 heavy (non-hydrogen) atoms. The molecule has 1 atom stereocenters. The van der Waals surface area contributed by atoms with Crippen LogP contribution >= 0.6 is 0 Å². The third kappa shape index (κ3) is 2.71. The standard InChI is InChI=1S/C14H11F3O2/c1-19-10-4-2-3-8(5-10)14(18)9-6-11(15)13(17)12(16)7-9/h2-7,14,18H,1H3. The summed E-state index contributed by atoms with van der Waals surface area (Å²) in [5, 5.41) is 10.0. The van der Waals surface area contributed by atoms with E-state index in [0.717, 1.165) is 12.1 Å². The highest BCUT2D eigenvalue weighted by atomic mass is 19.2. The van der Waals surface area contributed by atoms with E-state index in [2.05, 4.69) is 0 Å². The van der Waals surface area contributed by atoms with Crippen molar-refractivity contribution in [1.29, 1.82) is 0 Å². The SMILES string of the molecule is COc1cccc(C(O)c2cc(F)c(F)c(F)c2)c1. The zero-order valence-electron chi connectivity index (χ0n) is 10.0. The fourth-order valence-electron chi connectivity index (χ4n) is 1.74. The van der Waals surface area contributed by atoms with Crippen LogP contribution in [0.15, 0.2) is 36.4 Å². The highest BCUT2D eigenvalue weighted by Crippen LogP contribution is 2.27. The van der Waals surface area contributed by atoms with Crippen molar-refractivity contribution < 1.29 is 23.0 Å². The summed E-state index contributed by atoms with van der Waals surface area (Å²) in [6.07, 6.45) is -1.26. The van der Waals surface area contributed by atoms with Crippen LogP contribution in [-0.4, -0.2) is 12.2 Å². The second-order valence-electron chi connectivity index (χ2n) is 3.98. The number of ether oxygens (including phenoxy) is 1. The van der Waals surface area contributed by atoms with Gasteiger partial charge in [0.2, 0.25) is 0 Å². The zero-order chi connectivity index (χ0) is 14.0. The molecule has 0 fully saturated rings. The molecule has 1 unspecified atom stereocenters. The molecule has 0 aliphatic carbocycles. The van der Waals surface area contributed by atoms with Crippen LogP contribution in [0.5, 0.6) is 5.75 Å². The van der Waals surface area contributed by atoms with Crippen molar-refractivity contribution in [2.75, 3.05) is 7.11 Å². The van der Waals surface area contributed by atoms with Gasteiger partial charge in [-0.15, -0.1) is 0 Å².